The van der Waals surface area contributed by atoms with E-state index in [1.807, 2.05) is 11.6 Å². The van der Waals surface area contributed by atoms with Crippen molar-refractivity contribution in [3.8, 4) is 0 Å². The Labute approximate surface area is 109 Å². The van der Waals surface area contributed by atoms with Gasteiger partial charge in [0.2, 0.25) is 0 Å². The van der Waals surface area contributed by atoms with Gasteiger partial charge in [0.25, 0.3) is 0 Å². The van der Waals surface area contributed by atoms with Crippen LogP contribution in [0.5, 0.6) is 0 Å². The first kappa shape index (κ1) is 12.6. The second-order valence-electron chi connectivity index (χ2n) is 3.76. The molecule has 0 aliphatic carbocycles. The molecule has 0 bridgehead atoms. The number of hydrogen-bond acceptors (Lipinski definition) is 4. The molecule has 0 aliphatic heterocycles. The van der Waals surface area contributed by atoms with Crippen LogP contribution in [0.1, 0.15) is 29.1 Å². The molecular formula is C11H15ClN4S. The minimum atomic E-state index is -0.107. The highest BCUT2D eigenvalue weighted by molar-refractivity contribution is 7.10. The zero-order valence-electron chi connectivity index (χ0n) is 9.77. The van der Waals surface area contributed by atoms with Crippen molar-refractivity contribution in [2.24, 2.45) is 5.84 Å². The van der Waals surface area contributed by atoms with E-state index in [1.165, 1.54) is 10.4 Å². The molecule has 0 amide bonds. The van der Waals surface area contributed by atoms with Crippen molar-refractivity contribution in [1.82, 2.24) is 15.2 Å². The number of nitrogens with two attached hydrogens (primary N) is 1. The predicted molar refractivity (Wildman–Crippen MR) is 71.1 cm³/mol. The lowest BCUT2D eigenvalue weighted by Gasteiger charge is -2.17. The average Bonchev–Trinajstić information content (AvgIpc) is 2.89. The molecule has 4 nitrogen and oxygen atoms in total. The second kappa shape index (κ2) is 5.18. The SMILES string of the molecule is CCn1ncc(Cl)c1C(NN)c1sccc1C. The van der Waals surface area contributed by atoms with Crippen molar-refractivity contribution in [3.05, 3.63) is 38.8 Å². The van der Waals surface area contributed by atoms with Crippen molar-refractivity contribution in [2.75, 3.05) is 0 Å². The van der Waals surface area contributed by atoms with Gasteiger partial charge in [-0.15, -0.1) is 11.3 Å². The Kier molecular flexibility index (Phi) is 3.83. The highest BCUT2D eigenvalue weighted by Crippen LogP contribution is 2.32. The van der Waals surface area contributed by atoms with Crippen molar-refractivity contribution in [2.45, 2.75) is 26.4 Å². The molecule has 2 aromatic heterocycles. The number of aryl methyl sites for hydroxylation is 2. The fourth-order valence-corrected chi connectivity index (χ4v) is 3.11. The molecule has 0 spiro atoms. The monoisotopic (exact) mass is 270 g/mol. The van der Waals surface area contributed by atoms with Crippen LogP contribution >= 0.6 is 22.9 Å². The van der Waals surface area contributed by atoms with E-state index in [0.717, 1.165) is 12.2 Å². The molecule has 0 fully saturated rings. The normalized spacial score (nSPS) is 12.9. The molecule has 0 saturated carbocycles. The van der Waals surface area contributed by atoms with Crippen LogP contribution in [-0.2, 0) is 6.54 Å². The molecule has 2 aromatic rings. The van der Waals surface area contributed by atoms with Gasteiger partial charge in [-0.05, 0) is 30.9 Å². The van der Waals surface area contributed by atoms with E-state index in [2.05, 4.69) is 28.9 Å². The summed E-state index contributed by atoms with van der Waals surface area (Å²) in [4.78, 5) is 1.17. The molecule has 1 unspecified atom stereocenters. The number of halogens is 1. The number of nitrogens with one attached hydrogen (secondary N) is 1. The summed E-state index contributed by atoms with van der Waals surface area (Å²) in [6.45, 7) is 4.86. The summed E-state index contributed by atoms with van der Waals surface area (Å²) in [6.07, 6.45) is 1.66. The number of hydrogen-bond donors (Lipinski definition) is 2. The molecule has 17 heavy (non-hydrogen) atoms. The lowest BCUT2D eigenvalue weighted by molar-refractivity contribution is 0.547. The fraction of sp³-hybridized carbons (Fsp3) is 0.364. The van der Waals surface area contributed by atoms with E-state index in [0.29, 0.717) is 5.02 Å². The third-order valence-electron chi connectivity index (χ3n) is 2.74. The molecule has 6 heteroatoms. The van der Waals surface area contributed by atoms with Crippen LogP contribution in [0.4, 0.5) is 0 Å². The summed E-state index contributed by atoms with van der Waals surface area (Å²) in [6, 6.07) is 1.97. The Bertz CT molecular complexity index is 505. The van der Waals surface area contributed by atoms with Gasteiger partial charge in [-0.25, -0.2) is 5.43 Å². The second-order valence-corrected chi connectivity index (χ2v) is 5.12. The maximum atomic E-state index is 6.19. The van der Waals surface area contributed by atoms with Crippen LogP contribution in [0.3, 0.4) is 0 Å². The predicted octanol–water partition coefficient (Wildman–Crippen LogP) is 2.48. The van der Waals surface area contributed by atoms with Crippen LogP contribution in [0.2, 0.25) is 5.02 Å². The van der Waals surface area contributed by atoms with Crippen molar-refractivity contribution in [1.29, 1.82) is 0 Å². The van der Waals surface area contributed by atoms with Crippen LogP contribution in [0, 0.1) is 6.92 Å². The largest absolute Gasteiger partial charge is 0.270 e. The van der Waals surface area contributed by atoms with E-state index in [9.17, 15) is 0 Å². The Hall–Kier alpha value is -0.880. The van der Waals surface area contributed by atoms with E-state index in [-0.39, 0.29) is 6.04 Å². The highest BCUT2D eigenvalue weighted by Gasteiger charge is 2.22. The summed E-state index contributed by atoms with van der Waals surface area (Å²) < 4.78 is 1.87. The topological polar surface area (TPSA) is 55.9 Å². The molecule has 0 radical (unpaired) electrons. The molecule has 1 atom stereocenters. The quantitative estimate of drug-likeness (QED) is 0.663. The van der Waals surface area contributed by atoms with Gasteiger partial charge in [0.1, 0.15) is 0 Å². The van der Waals surface area contributed by atoms with Gasteiger partial charge in [0.05, 0.1) is 23.0 Å². The Balaban J connectivity index is 2.49. The third-order valence-corrected chi connectivity index (χ3v) is 4.11. The van der Waals surface area contributed by atoms with Gasteiger partial charge >= 0.3 is 0 Å². The van der Waals surface area contributed by atoms with Gasteiger partial charge in [0.15, 0.2) is 0 Å². The first-order valence-corrected chi connectivity index (χ1v) is 6.66. The molecular weight excluding hydrogens is 256 g/mol. The maximum Gasteiger partial charge on any atom is 0.0987 e. The first-order chi connectivity index (χ1) is 8.19. The fourth-order valence-electron chi connectivity index (χ4n) is 1.87. The molecule has 0 saturated heterocycles. The molecule has 0 aliphatic rings. The Morgan fingerprint density at radius 1 is 1.65 bits per heavy atom. The number of hydrazine groups is 1. The van der Waals surface area contributed by atoms with E-state index in [4.69, 9.17) is 17.4 Å². The number of rotatable bonds is 4. The number of thiophene rings is 1. The standard InChI is InChI=1S/C11H15ClN4S/c1-3-16-10(8(12)6-14-16)9(15-13)11-7(2)4-5-17-11/h4-6,9,15H,3,13H2,1-2H3. The van der Waals surface area contributed by atoms with Crippen LogP contribution < -0.4 is 11.3 Å². The van der Waals surface area contributed by atoms with Crippen LogP contribution in [0.25, 0.3) is 0 Å². The summed E-state index contributed by atoms with van der Waals surface area (Å²) >= 11 is 7.86. The summed E-state index contributed by atoms with van der Waals surface area (Å²) in [5.41, 5.74) is 4.95. The lowest BCUT2D eigenvalue weighted by Crippen LogP contribution is -2.30. The molecule has 2 rings (SSSR count). The zero-order chi connectivity index (χ0) is 12.4. The zero-order valence-corrected chi connectivity index (χ0v) is 11.3. The van der Waals surface area contributed by atoms with E-state index >= 15 is 0 Å². The van der Waals surface area contributed by atoms with Gasteiger partial charge in [-0.3, -0.25) is 10.5 Å². The van der Waals surface area contributed by atoms with E-state index < -0.39 is 0 Å². The maximum absolute atomic E-state index is 6.19. The van der Waals surface area contributed by atoms with Gasteiger partial charge in [0, 0.05) is 11.4 Å². The van der Waals surface area contributed by atoms with Gasteiger partial charge < -0.3 is 0 Å². The molecule has 3 N–H and O–H groups in total. The third kappa shape index (κ3) is 2.24. The van der Waals surface area contributed by atoms with Crippen LogP contribution in [-0.4, -0.2) is 9.78 Å². The smallest absolute Gasteiger partial charge is 0.0987 e. The highest BCUT2D eigenvalue weighted by atomic mass is 35.5. The molecule has 2 heterocycles. The van der Waals surface area contributed by atoms with Gasteiger partial charge in [-0.1, -0.05) is 11.6 Å². The van der Waals surface area contributed by atoms with Crippen molar-refractivity contribution in [3.63, 3.8) is 0 Å². The van der Waals surface area contributed by atoms with Crippen molar-refractivity contribution < 1.29 is 0 Å². The Morgan fingerprint density at radius 2 is 2.41 bits per heavy atom. The van der Waals surface area contributed by atoms with Crippen molar-refractivity contribution >= 4 is 22.9 Å². The molecule has 92 valence electrons. The average molecular weight is 271 g/mol. The summed E-state index contributed by atoms with van der Waals surface area (Å²) in [5, 5.41) is 6.93. The minimum Gasteiger partial charge on any atom is -0.270 e. The lowest BCUT2D eigenvalue weighted by atomic mass is 10.1. The summed E-state index contributed by atoms with van der Waals surface area (Å²) in [5.74, 6) is 5.67. The van der Waals surface area contributed by atoms with Crippen LogP contribution in [0.15, 0.2) is 17.6 Å². The van der Waals surface area contributed by atoms with Gasteiger partial charge in [-0.2, -0.15) is 5.10 Å². The Morgan fingerprint density at radius 3 is 2.94 bits per heavy atom. The minimum absolute atomic E-state index is 0.107. The number of aromatic nitrogens is 2. The first-order valence-electron chi connectivity index (χ1n) is 5.40. The number of nitrogens with zero attached hydrogens (tertiary/aromatic N) is 2. The molecule has 0 aromatic carbocycles. The van der Waals surface area contributed by atoms with E-state index in [1.54, 1.807) is 17.5 Å². The summed E-state index contributed by atoms with van der Waals surface area (Å²) in [7, 11) is 0.